The van der Waals surface area contributed by atoms with Gasteiger partial charge in [-0.2, -0.15) is 0 Å². The summed E-state index contributed by atoms with van der Waals surface area (Å²) in [5, 5.41) is -0.778. The average molecular weight is 1130 g/mol. The van der Waals surface area contributed by atoms with Crippen LogP contribution < -0.4 is 31.1 Å². The molecule has 408 valence electrons. The van der Waals surface area contributed by atoms with Gasteiger partial charge in [-0.1, -0.05) is 174 Å². The van der Waals surface area contributed by atoms with Crippen LogP contribution in [-0.2, 0) is 21.7 Å². The average Bonchev–Trinajstić information content (AvgIpc) is 1.64. The van der Waals surface area contributed by atoms with E-state index in [1.54, 1.807) is 83.1 Å². The number of thiophene rings is 1. The van der Waals surface area contributed by atoms with Crippen molar-refractivity contribution in [2.75, 3.05) is 14.7 Å². The highest BCUT2D eigenvalue weighted by atomic mass is 32.1. The van der Waals surface area contributed by atoms with Crippen LogP contribution in [0.2, 0.25) is 0 Å². The summed E-state index contributed by atoms with van der Waals surface area (Å²) in [5.74, 6) is 0. The molecule has 0 N–H and O–H groups in total. The number of rotatable bonds is 5. The molecule has 83 heavy (non-hydrogen) atoms. The van der Waals surface area contributed by atoms with E-state index in [4.69, 9.17) is 5.48 Å². The van der Waals surface area contributed by atoms with Crippen LogP contribution in [0.25, 0.3) is 58.8 Å². The first kappa shape index (κ1) is 27.8. The Hall–Kier alpha value is -8.32. The first-order valence-electron chi connectivity index (χ1n) is 43.2. The van der Waals surface area contributed by atoms with Crippen LogP contribution in [0.4, 0.5) is 51.2 Å². The Morgan fingerprint density at radius 3 is 1.69 bits per heavy atom. The van der Waals surface area contributed by atoms with Gasteiger partial charge >= 0.3 is 0 Å². The van der Waals surface area contributed by atoms with Crippen molar-refractivity contribution in [2.45, 2.75) is 112 Å². The van der Waals surface area contributed by atoms with Gasteiger partial charge in [-0.25, -0.2) is 0 Å². The summed E-state index contributed by atoms with van der Waals surface area (Å²) < 4.78 is 321. The minimum absolute atomic E-state index is 0.0187. The minimum Gasteiger partial charge on any atom is -0.311 e. The molecule has 2 aromatic heterocycles. The van der Waals surface area contributed by atoms with Crippen LogP contribution in [0, 0.1) is 6.92 Å². The van der Waals surface area contributed by atoms with E-state index < -0.39 is 266 Å². The molecule has 0 atom stereocenters. The molecule has 15 rings (SSSR count). The van der Waals surface area contributed by atoms with Gasteiger partial charge < -0.3 is 19.3 Å². The van der Waals surface area contributed by atoms with Crippen LogP contribution in [0.3, 0.4) is 0 Å². The number of hydrogen-bond acceptors (Lipinski definition) is 4. The van der Waals surface area contributed by atoms with Gasteiger partial charge in [0.25, 0.3) is 6.71 Å². The third kappa shape index (κ3) is 7.92. The molecule has 0 saturated heterocycles. The van der Waals surface area contributed by atoms with E-state index in [1.807, 2.05) is 0 Å². The third-order valence-electron chi connectivity index (χ3n) is 15.4. The van der Waals surface area contributed by atoms with Crippen molar-refractivity contribution >= 4 is 128 Å². The van der Waals surface area contributed by atoms with Gasteiger partial charge in [-0.15, -0.1) is 11.3 Å². The molecule has 0 bridgehead atoms. The van der Waals surface area contributed by atoms with Crippen LogP contribution in [0.1, 0.15) is 155 Å². The number of para-hydroxylation sites is 1. The minimum atomic E-state index is -2.05. The van der Waals surface area contributed by atoms with Crippen molar-refractivity contribution in [3.63, 3.8) is 0 Å². The monoisotopic (exact) mass is 1130 g/mol. The maximum absolute atomic E-state index is 11.3. The molecule has 3 aliphatic rings. The molecule has 3 aliphatic heterocycles. The Morgan fingerprint density at radius 2 is 1.02 bits per heavy atom. The molecular formula is C77H71BN4S. The van der Waals surface area contributed by atoms with E-state index in [1.165, 1.54) is 16.4 Å². The first-order valence-corrected chi connectivity index (χ1v) is 28.0. The number of benzene rings is 10. The van der Waals surface area contributed by atoms with Gasteiger partial charge in [-0.05, 0) is 187 Å². The highest BCUT2D eigenvalue weighted by Crippen LogP contribution is 2.55. The molecule has 0 spiro atoms. The van der Waals surface area contributed by atoms with Crippen molar-refractivity contribution in [1.82, 2.24) is 4.57 Å². The van der Waals surface area contributed by atoms with Gasteiger partial charge in [0.15, 0.2) is 0 Å². The molecule has 0 fully saturated rings. The second-order valence-corrected chi connectivity index (χ2v) is 26.4. The topological polar surface area (TPSA) is 14.7 Å². The summed E-state index contributed by atoms with van der Waals surface area (Å²) in [6.07, 6.45) is 0. The van der Waals surface area contributed by atoms with E-state index >= 15 is 0 Å². The van der Waals surface area contributed by atoms with Gasteiger partial charge in [0.1, 0.15) is 0 Å². The fourth-order valence-corrected chi connectivity index (χ4v) is 12.1. The van der Waals surface area contributed by atoms with Crippen LogP contribution in [0.15, 0.2) is 193 Å². The number of aromatic nitrogens is 1. The zero-order chi connectivity index (χ0) is 85.2. The predicted octanol–water partition coefficient (Wildman–Crippen LogP) is 20.2. The van der Waals surface area contributed by atoms with E-state index in [0.717, 1.165) is 4.90 Å². The summed E-state index contributed by atoms with van der Waals surface area (Å²) in [6.45, 7) is 19.2. The highest BCUT2D eigenvalue weighted by Gasteiger charge is 2.47. The second-order valence-electron chi connectivity index (χ2n) is 25.3. The Bertz CT molecular complexity index is 6490. The lowest BCUT2D eigenvalue weighted by atomic mass is 9.33. The molecular weight excluding hydrogens is 1020 g/mol. The summed E-state index contributed by atoms with van der Waals surface area (Å²) in [5.41, 5.74) is -14.9. The zero-order valence-corrected chi connectivity index (χ0v) is 48.6. The Labute approximate surface area is 539 Å². The van der Waals surface area contributed by atoms with Crippen molar-refractivity contribution in [1.29, 1.82) is 0 Å². The Morgan fingerprint density at radius 1 is 0.434 bits per heavy atom. The van der Waals surface area contributed by atoms with Gasteiger partial charge in [-0.3, -0.25) is 0 Å². The quantitative estimate of drug-likeness (QED) is 0.160. The molecule has 0 amide bonds. The molecule has 4 nitrogen and oxygen atoms in total. The molecule has 5 heterocycles. The van der Waals surface area contributed by atoms with Crippen LogP contribution >= 0.6 is 11.3 Å². The fraction of sp³-hybridized carbons (Fsp3) is 0.221. The lowest BCUT2D eigenvalue weighted by Crippen LogP contribution is -2.61. The van der Waals surface area contributed by atoms with E-state index in [-0.39, 0.29) is 110 Å². The van der Waals surface area contributed by atoms with Crippen molar-refractivity contribution in [2.24, 2.45) is 0 Å². The number of anilines is 9. The number of fused-ring (bicyclic) bond motifs is 12. The normalized spacial score (nSPS) is 19.2. The van der Waals surface area contributed by atoms with E-state index in [2.05, 4.69) is 0 Å². The van der Waals surface area contributed by atoms with E-state index in [0.29, 0.717) is 16.2 Å². The summed E-state index contributed by atoms with van der Waals surface area (Å²) in [6, 6.07) is -25.3. The number of hydrogen-bond donors (Lipinski definition) is 0. The first-order chi connectivity index (χ1) is 53.0. The Kier molecular flexibility index (Phi) is 5.99. The molecule has 0 aliphatic carbocycles. The Balaban J connectivity index is 1.21. The lowest BCUT2D eigenvalue weighted by molar-refractivity contribution is 0.590. The molecule has 0 radical (unpaired) electrons. The summed E-state index contributed by atoms with van der Waals surface area (Å²) in [7, 11) is 0. The van der Waals surface area contributed by atoms with Gasteiger partial charge in [0.2, 0.25) is 0 Å². The third-order valence-corrected chi connectivity index (χ3v) is 16.4. The summed E-state index contributed by atoms with van der Waals surface area (Å²) in [4.78, 5) is 2.76. The standard InChI is InChI=1S/C77H71BN4S/c1-46-40-65-71-66(41-46)82-67-44-51(77(11,12)13)43-59-58-42-50(76(8,9)10)30-39-62(58)81(72(59)67)63-21-17-20-61(73(63)82)78(71)60-38-37-55(79(52-33-26-48(27-34-52)74(2,3)4)53-35-28-49(29-36-53)75(5,6)7)45-64(60)80(65)54-31-24-47(25-32-54)56-19-16-23-69-70(56)57-18-14-15-22-68(57)83-69/h14-45H,1-13H3/i14D,15D,16D,17D,18D,19D,20D,21D,22D,23D,24D,25D,26D,27D,28D,29D,30D,31D,32D,33D,34D,35D,36D,37D,38D,39D,40D,41D,42D,43D,44D,45D. The SMILES string of the molecule is [2H]c1c([2H])c2c3c(c1[2H])-n1c4c([2H])c([2H])c(C(C)(C)C)c([2H])c4c4c([2H])c(C(C)(C)C)c([2H])c(c41)N3c1c([2H])c(C)c([2H])c3c1B2c1c([2H])c([2H])c(N(c2c([2H])c([2H])c(C(C)(C)C)c([2H])c2[2H])c2c([2H])c([2H])c(C(C)(C)C)c([2H])c2[2H])c([2H])c1N3c1c([2H])c([2H])c(-c2c([2H])c([2H])c([2H])c3sc4c([2H])c([2H])c([2H])c([2H])c4c23)c([2H])c1[2H]. The molecule has 6 heteroatoms. The summed E-state index contributed by atoms with van der Waals surface area (Å²) >= 11 is 0.653. The molecule has 0 unspecified atom stereocenters. The zero-order valence-electron chi connectivity index (χ0n) is 79.8. The molecule has 12 aromatic rings. The molecule has 0 saturated carbocycles. The highest BCUT2D eigenvalue weighted by molar-refractivity contribution is 7.26. The van der Waals surface area contributed by atoms with Gasteiger partial charge in [0, 0.05) is 70.8 Å². The lowest BCUT2D eigenvalue weighted by Gasteiger charge is -2.46. The maximum atomic E-state index is 11.3. The fourth-order valence-electron chi connectivity index (χ4n) is 11.2. The largest absolute Gasteiger partial charge is 0.311 e. The van der Waals surface area contributed by atoms with Gasteiger partial charge in [0.05, 0.1) is 72.0 Å². The van der Waals surface area contributed by atoms with E-state index in [9.17, 15) is 38.4 Å². The van der Waals surface area contributed by atoms with Crippen molar-refractivity contribution < 1.29 is 43.9 Å². The predicted molar refractivity (Wildman–Crippen MR) is 361 cm³/mol. The van der Waals surface area contributed by atoms with Crippen LogP contribution in [-0.4, -0.2) is 11.3 Å². The van der Waals surface area contributed by atoms with Crippen molar-refractivity contribution in [3.8, 4) is 16.8 Å². The maximum Gasteiger partial charge on any atom is 0.252 e. The smallest absolute Gasteiger partial charge is 0.252 e. The van der Waals surface area contributed by atoms with Crippen molar-refractivity contribution in [3.05, 3.63) is 221 Å². The van der Waals surface area contributed by atoms with Crippen LogP contribution in [0.5, 0.6) is 0 Å². The second kappa shape index (κ2) is 17.8. The number of nitrogens with zero attached hydrogens (tertiary/aromatic N) is 4. The molecule has 10 aromatic carbocycles.